The molecule has 2 N–H and O–H groups in total. The van der Waals surface area contributed by atoms with Crippen molar-refractivity contribution >= 4 is 23.3 Å². The van der Waals surface area contributed by atoms with Gasteiger partial charge in [-0.05, 0) is 29.8 Å². The molecule has 2 rings (SSSR count). The van der Waals surface area contributed by atoms with E-state index >= 15 is 0 Å². The van der Waals surface area contributed by atoms with Crippen LogP contribution in [-0.2, 0) is 11.3 Å². The van der Waals surface area contributed by atoms with Crippen molar-refractivity contribution in [2.45, 2.75) is 6.61 Å². The summed E-state index contributed by atoms with van der Waals surface area (Å²) < 4.78 is 31.9. The zero-order chi connectivity index (χ0) is 14.7. The molecule has 0 fully saturated rings. The summed E-state index contributed by atoms with van der Waals surface area (Å²) in [6, 6.07) is 8.54. The first-order chi connectivity index (χ1) is 9.49. The van der Waals surface area contributed by atoms with E-state index in [-0.39, 0.29) is 12.3 Å². The number of rotatable bonds is 3. The summed E-state index contributed by atoms with van der Waals surface area (Å²) in [5, 5.41) is 0.472. The predicted octanol–water partition coefficient (Wildman–Crippen LogP) is 3.56. The Kier molecular flexibility index (Phi) is 4.20. The van der Waals surface area contributed by atoms with Crippen LogP contribution in [0.1, 0.15) is 15.9 Å². The molecule has 0 aliphatic heterocycles. The predicted molar refractivity (Wildman–Crippen MR) is 71.3 cm³/mol. The zero-order valence-corrected chi connectivity index (χ0v) is 11.0. The van der Waals surface area contributed by atoms with Gasteiger partial charge in [-0.15, -0.1) is 0 Å². The molecule has 0 saturated carbocycles. The highest BCUT2D eigenvalue weighted by molar-refractivity contribution is 6.30. The fourth-order valence-corrected chi connectivity index (χ4v) is 1.82. The number of carbonyl (C=O) groups excluding carboxylic acids is 1. The molecule has 3 nitrogen and oxygen atoms in total. The van der Waals surface area contributed by atoms with Crippen molar-refractivity contribution in [2.75, 3.05) is 5.73 Å². The van der Waals surface area contributed by atoms with Gasteiger partial charge in [0.2, 0.25) is 0 Å². The van der Waals surface area contributed by atoms with Crippen molar-refractivity contribution < 1.29 is 18.3 Å². The second-order valence-corrected chi connectivity index (χ2v) is 4.47. The van der Waals surface area contributed by atoms with E-state index in [0.29, 0.717) is 10.6 Å². The third kappa shape index (κ3) is 3.05. The quantitative estimate of drug-likeness (QED) is 0.696. The number of ether oxygens (including phenoxy) is 1. The molecule has 0 unspecified atom stereocenters. The summed E-state index contributed by atoms with van der Waals surface area (Å²) in [5.41, 5.74) is 4.78. The van der Waals surface area contributed by atoms with E-state index in [1.807, 2.05) is 0 Å². The Hall–Kier alpha value is -2.14. The molecule has 2 aromatic carbocycles. The van der Waals surface area contributed by atoms with Gasteiger partial charge in [0.05, 0.1) is 5.69 Å². The SMILES string of the molecule is Nc1ccc(F)c(C(=O)OCc2cccc(Cl)c2)c1F. The van der Waals surface area contributed by atoms with E-state index < -0.39 is 23.2 Å². The molecule has 0 heterocycles. The van der Waals surface area contributed by atoms with Crippen molar-refractivity contribution in [1.82, 2.24) is 0 Å². The molecule has 0 atom stereocenters. The summed E-state index contributed by atoms with van der Waals surface area (Å²) in [4.78, 5) is 11.7. The largest absolute Gasteiger partial charge is 0.457 e. The highest BCUT2D eigenvalue weighted by Crippen LogP contribution is 2.20. The van der Waals surface area contributed by atoms with Gasteiger partial charge in [0.1, 0.15) is 18.0 Å². The maximum absolute atomic E-state index is 13.6. The van der Waals surface area contributed by atoms with Crippen LogP contribution in [0.2, 0.25) is 5.02 Å². The Balaban J connectivity index is 2.15. The molecular formula is C14H10ClF2NO2. The lowest BCUT2D eigenvalue weighted by molar-refractivity contribution is 0.0461. The van der Waals surface area contributed by atoms with Crippen molar-refractivity contribution in [3.05, 3.63) is 64.2 Å². The van der Waals surface area contributed by atoms with Gasteiger partial charge in [-0.2, -0.15) is 0 Å². The minimum absolute atomic E-state index is 0.146. The van der Waals surface area contributed by atoms with Crippen LogP contribution in [0.15, 0.2) is 36.4 Å². The van der Waals surface area contributed by atoms with Crippen molar-refractivity contribution in [3.8, 4) is 0 Å². The number of halogens is 3. The van der Waals surface area contributed by atoms with E-state index in [2.05, 4.69) is 0 Å². The topological polar surface area (TPSA) is 52.3 Å². The third-order valence-corrected chi connectivity index (χ3v) is 2.82. The highest BCUT2D eigenvalue weighted by Gasteiger charge is 2.21. The molecular weight excluding hydrogens is 288 g/mol. The summed E-state index contributed by atoms with van der Waals surface area (Å²) in [6.45, 7) is -0.146. The zero-order valence-electron chi connectivity index (χ0n) is 10.2. The molecule has 0 bridgehead atoms. The smallest absolute Gasteiger partial charge is 0.344 e. The van der Waals surface area contributed by atoms with Crippen LogP contribution in [0, 0.1) is 11.6 Å². The summed E-state index contributed by atoms with van der Waals surface area (Å²) in [6.07, 6.45) is 0. The van der Waals surface area contributed by atoms with E-state index in [0.717, 1.165) is 12.1 Å². The number of hydrogen-bond acceptors (Lipinski definition) is 3. The normalized spacial score (nSPS) is 10.3. The molecule has 0 aromatic heterocycles. The third-order valence-electron chi connectivity index (χ3n) is 2.58. The van der Waals surface area contributed by atoms with E-state index in [9.17, 15) is 13.6 Å². The lowest BCUT2D eigenvalue weighted by Gasteiger charge is -2.08. The molecule has 0 saturated heterocycles. The maximum atomic E-state index is 13.6. The second-order valence-electron chi connectivity index (χ2n) is 4.03. The Bertz CT molecular complexity index is 662. The van der Waals surface area contributed by atoms with Crippen LogP contribution < -0.4 is 5.73 Å². The Morgan fingerprint density at radius 3 is 2.70 bits per heavy atom. The summed E-state index contributed by atoms with van der Waals surface area (Å²) in [5.74, 6) is -3.26. The number of nitrogens with two attached hydrogens (primary N) is 1. The number of nitrogen functional groups attached to an aromatic ring is 1. The fourth-order valence-electron chi connectivity index (χ4n) is 1.60. The fraction of sp³-hybridized carbons (Fsp3) is 0.0714. The average molecular weight is 298 g/mol. The number of anilines is 1. The van der Waals surface area contributed by atoms with Gasteiger partial charge in [0.15, 0.2) is 5.82 Å². The number of hydrogen-bond donors (Lipinski definition) is 1. The van der Waals surface area contributed by atoms with Crippen LogP contribution in [-0.4, -0.2) is 5.97 Å². The molecule has 0 aliphatic rings. The molecule has 2 aromatic rings. The van der Waals surface area contributed by atoms with Crippen LogP contribution in [0.25, 0.3) is 0 Å². The van der Waals surface area contributed by atoms with Crippen LogP contribution in [0.4, 0.5) is 14.5 Å². The van der Waals surface area contributed by atoms with E-state index in [1.54, 1.807) is 24.3 Å². The lowest BCUT2D eigenvalue weighted by Crippen LogP contribution is -2.11. The van der Waals surface area contributed by atoms with Crippen molar-refractivity contribution in [2.24, 2.45) is 0 Å². The van der Waals surface area contributed by atoms with E-state index in [4.69, 9.17) is 22.1 Å². The van der Waals surface area contributed by atoms with Crippen molar-refractivity contribution in [1.29, 1.82) is 0 Å². The molecule has 0 aliphatic carbocycles. The van der Waals surface area contributed by atoms with Gasteiger partial charge in [-0.1, -0.05) is 23.7 Å². The monoisotopic (exact) mass is 297 g/mol. The lowest BCUT2D eigenvalue weighted by atomic mass is 10.1. The molecule has 104 valence electrons. The number of benzene rings is 2. The van der Waals surface area contributed by atoms with E-state index in [1.165, 1.54) is 0 Å². The molecule has 0 amide bonds. The van der Waals surface area contributed by atoms with Crippen LogP contribution >= 0.6 is 11.6 Å². The Labute approximate surface area is 118 Å². The van der Waals surface area contributed by atoms with Crippen LogP contribution in [0.3, 0.4) is 0 Å². The van der Waals surface area contributed by atoms with Gasteiger partial charge >= 0.3 is 5.97 Å². The van der Waals surface area contributed by atoms with Gasteiger partial charge in [0.25, 0.3) is 0 Å². The first-order valence-corrected chi connectivity index (χ1v) is 6.02. The Morgan fingerprint density at radius 1 is 1.25 bits per heavy atom. The van der Waals surface area contributed by atoms with Gasteiger partial charge in [-0.3, -0.25) is 0 Å². The molecule has 6 heteroatoms. The minimum Gasteiger partial charge on any atom is -0.457 e. The van der Waals surface area contributed by atoms with Crippen LogP contribution in [0.5, 0.6) is 0 Å². The maximum Gasteiger partial charge on any atom is 0.344 e. The Morgan fingerprint density at radius 2 is 2.00 bits per heavy atom. The van der Waals surface area contributed by atoms with Crippen molar-refractivity contribution in [3.63, 3.8) is 0 Å². The van der Waals surface area contributed by atoms with Gasteiger partial charge < -0.3 is 10.5 Å². The first kappa shape index (κ1) is 14.3. The molecule has 0 spiro atoms. The number of carbonyl (C=O) groups is 1. The standard InChI is InChI=1S/C14H10ClF2NO2/c15-9-3-1-2-8(6-9)7-20-14(19)12-10(16)4-5-11(18)13(12)17/h1-6H,7,18H2. The molecule has 20 heavy (non-hydrogen) atoms. The molecule has 0 radical (unpaired) electrons. The number of esters is 1. The first-order valence-electron chi connectivity index (χ1n) is 5.64. The summed E-state index contributed by atoms with van der Waals surface area (Å²) >= 11 is 5.77. The average Bonchev–Trinajstić information content (AvgIpc) is 2.41. The van der Waals surface area contributed by atoms with Gasteiger partial charge in [0, 0.05) is 5.02 Å². The highest BCUT2D eigenvalue weighted by atomic mass is 35.5. The second kappa shape index (κ2) is 5.88. The minimum atomic E-state index is -1.12. The summed E-state index contributed by atoms with van der Waals surface area (Å²) in [7, 11) is 0. The van der Waals surface area contributed by atoms with Gasteiger partial charge in [-0.25, -0.2) is 13.6 Å².